The van der Waals surface area contributed by atoms with Crippen molar-refractivity contribution in [2.75, 3.05) is 38.8 Å². The Kier molecular flexibility index (Phi) is 17.0. The van der Waals surface area contributed by atoms with Gasteiger partial charge in [-0.05, 0) is 77.4 Å². The highest BCUT2D eigenvalue weighted by Gasteiger charge is 2.31. The van der Waals surface area contributed by atoms with Gasteiger partial charge in [0.15, 0.2) is 0 Å². The largest absolute Gasteiger partial charge is 0.493 e. The van der Waals surface area contributed by atoms with Crippen molar-refractivity contribution in [2.45, 2.75) is 71.8 Å². The minimum Gasteiger partial charge on any atom is -0.493 e. The average Bonchev–Trinajstić information content (AvgIpc) is 3.11. The number of aliphatic hydroxyl groups excluding tert-OH is 1. The van der Waals surface area contributed by atoms with Gasteiger partial charge in [0, 0.05) is 54.8 Å². The second-order valence-corrected chi connectivity index (χ2v) is 12.9. The number of anilines is 1. The standard InChI is InChI=1S/C38H51F2N5O5/c1-6-26(4)34(22-42-31-15-13-30(40)14-16-31)43-38(47)33(25(2)3)21-36(46)35(44-45-41)24-49-23-27-8-17-32(28-9-11-29(39)12-10-28)37(20-27)50-19-7-18-48-5/h8-17,20,25-26,33-36,42,46H,6-7,18-19,21-24H2,1-5H3,(H,43,47)/t26-,33-,34+,35-,36-/m0/s1. The predicted molar refractivity (Wildman–Crippen MR) is 192 cm³/mol. The quantitative estimate of drug-likeness (QED) is 0.0423. The molecule has 0 fully saturated rings. The fourth-order valence-corrected chi connectivity index (χ4v) is 5.48. The molecule has 0 aromatic heterocycles. The number of rotatable bonds is 22. The third-order valence-corrected chi connectivity index (χ3v) is 8.82. The van der Waals surface area contributed by atoms with Gasteiger partial charge in [-0.25, -0.2) is 8.78 Å². The van der Waals surface area contributed by atoms with Crippen molar-refractivity contribution in [3.05, 3.63) is 94.4 Å². The molecule has 10 nitrogen and oxygen atoms in total. The highest BCUT2D eigenvalue weighted by Crippen LogP contribution is 2.32. The Hall–Kier alpha value is -4.22. The van der Waals surface area contributed by atoms with E-state index in [4.69, 9.17) is 14.2 Å². The summed E-state index contributed by atoms with van der Waals surface area (Å²) in [5.74, 6) is -0.771. The molecule has 5 atom stereocenters. The van der Waals surface area contributed by atoms with E-state index in [9.17, 15) is 24.2 Å². The van der Waals surface area contributed by atoms with Crippen LogP contribution in [0.3, 0.4) is 0 Å². The number of hydrogen-bond donors (Lipinski definition) is 3. The normalized spacial score (nSPS) is 14.3. The monoisotopic (exact) mass is 695 g/mol. The number of hydrogen-bond acceptors (Lipinski definition) is 7. The van der Waals surface area contributed by atoms with Crippen LogP contribution in [0.1, 0.15) is 52.5 Å². The van der Waals surface area contributed by atoms with E-state index in [0.29, 0.717) is 31.9 Å². The third-order valence-electron chi connectivity index (χ3n) is 8.82. The van der Waals surface area contributed by atoms with E-state index >= 15 is 0 Å². The van der Waals surface area contributed by atoms with E-state index in [-0.39, 0.29) is 55.1 Å². The lowest BCUT2D eigenvalue weighted by Crippen LogP contribution is -2.48. The number of amides is 1. The van der Waals surface area contributed by atoms with Crippen molar-refractivity contribution in [2.24, 2.45) is 22.9 Å². The summed E-state index contributed by atoms with van der Waals surface area (Å²) < 4.78 is 44.0. The summed E-state index contributed by atoms with van der Waals surface area (Å²) in [5.41, 5.74) is 12.4. The summed E-state index contributed by atoms with van der Waals surface area (Å²) in [6.07, 6.45) is 0.453. The van der Waals surface area contributed by atoms with Crippen LogP contribution >= 0.6 is 0 Å². The maximum atomic E-state index is 13.6. The van der Waals surface area contributed by atoms with Crippen molar-refractivity contribution >= 4 is 11.6 Å². The van der Waals surface area contributed by atoms with E-state index in [1.54, 1.807) is 31.4 Å². The minimum atomic E-state index is -1.14. The van der Waals surface area contributed by atoms with Crippen molar-refractivity contribution < 1.29 is 32.9 Å². The lowest BCUT2D eigenvalue weighted by atomic mass is 9.86. The fraction of sp³-hybridized carbons (Fsp3) is 0.500. The molecule has 3 rings (SSSR count). The average molecular weight is 696 g/mol. The summed E-state index contributed by atoms with van der Waals surface area (Å²) >= 11 is 0. The fourth-order valence-electron chi connectivity index (χ4n) is 5.48. The van der Waals surface area contributed by atoms with E-state index in [1.807, 2.05) is 39.0 Å². The predicted octanol–water partition coefficient (Wildman–Crippen LogP) is 7.91. The summed E-state index contributed by atoms with van der Waals surface area (Å²) in [6.45, 7) is 9.41. The van der Waals surface area contributed by atoms with Crippen LogP contribution in [0.5, 0.6) is 5.75 Å². The SMILES string of the molecule is CC[C@H](C)[C@@H](CNc1ccc(F)cc1)NC(=O)[C@@H](C[C@H](O)[C@H](COCc1ccc(-c2ccc(F)cc2)c(OCCCOC)c1)N=[N+]=[N-])C(C)C. The van der Waals surface area contributed by atoms with Crippen molar-refractivity contribution in [3.8, 4) is 16.9 Å². The number of halogens is 2. The molecule has 3 aromatic rings. The number of methoxy groups -OCH3 is 1. The molecule has 0 aliphatic heterocycles. The van der Waals surface area contributed by atoms with Gasteiger partial charge < -0.3 is 30.0 Å². The zero-order valence-corrected chi connectivity index (χ0v) is 29.6. The molecule has 12 heteroatoms. The molecule has 0 unspecified atom stereocenters. The minimum absolute atomic E-state index is 0.0704. The molecule has 272 valence electrons. The molecule has 3 N–H and O–H groups in total. The van der Waals surface area contributed by atoms with Gasteiger partial charge in [0.25, 0.3) is 0 Å². The van der Waals surface area contributed by atoms with E-state index in [1.165, 1.54) is 24.3 Å². The molecule has 0 bridgehead atoms. The summed E-state index contributed by atoms with van der Waals surface area (Å²) in [7, 11) is 1.63. The highest BCUT2D eigenvalue weighted by molar-refractivity contribution is 5.79. The first kappa shape index (κ1) is 40.2. The maximum absolute atomic E-state index is 13.6. The van der Waals surface area contributed by atoms with Crippen LogP contribution in [-0.4, -0.2) is 62.7 Å². The maximum Gasteiger partial charge on any atom is 0.223 e. The lowest BCUT2D eigenvalue weighted by Gasteiger charge is -2.30. The summed E-state index contributed by atoms with van der Waals surface area (Å²) in [6, 6.07) is 16.7. The second kappa shape index (κ2) is 21.1. The first-order chi connectivity index (χ1) is 24.1. The number of nitrogens with zero attached hydrogens (tertiary/aromatic N) is 3. The number of nitrogens with one attached hydrogen (secondary N) is 2. The molecule has 0 aliphatic rings. The molecule has 0 heterocycles. The van der Waals surface area contributed by atoms with Gasteiger partial charge in [0.2, 0.25) is 5.91 Å². The van der Waals surface area contributed by atoms with E-state index < -0.39 is 18.1 Å². The number of aliphatic hydroxyl groups is 1. The molecule has 1 amide bonds. The molecule has 0 radical (unpaired) electrons. The smallest absolute Gasteiger partial charge is 0.223 e. The van der Waals surface area contributed by atoms with Crippen LogP contribution in [-0.2, 0) is 20.9 Å². The Morgan fingerprint density at radius 1 is 1.00 bits per heavy atom. The molecule has 0 aliphatic carbocycles. The van der Waals surface area contributed by atoms with Gasteiger partial charge in [0.05, 0.1) is 32.0 Å². The van der Waals surface area contributed by atoms with E-state index in [0.717, 1.165) is 28.8 Å². The topological polar surface area (TPSA) is 138 Å². The number of azide groups is 1. The van der Waals surface area contributed by atoms with Crippen LogP contribution < -0.4 is 15.4 Å². The third kappa shape index (κ3) is 12.9. The zero-order chi connectivity index (χ0) is 36.5. The van der Waals surface area contributed by atoms with E-state index in [2.05, 4.69) is 27.6 Å². The Morgan fingerprint density at radius 3 is 2.30 bits per heavy atom. The van der Waals surface area contributed by atoms with Crippen LogP contribution in [0.4, 0.5) is 14.5 Å². The Morgan fingerprint density at radius 2 is 1.68 bits per heavy atom. The molecule has 0 saturated heterocycles. The van der Waals surface area contributed by atoms with Gasteiger partial charge >= 0.3 is 0 Å². The van der Waals surface area contributed by atoms with Crippen LogP contribution in [0.2, 0.25) is 0 Å². The number of benzene rings is 3. The van der Waals surface area contributed by atoms with Crippen LogP contribution in [0.15, 0.2) is 71.8 Å². The molecule has 50 heavy (non-hydrogen) atoms. The summed E-state index contributed by atoms with van der Waals surface area (Å²) in [5, 5.41) is 21.5. The molecule has 3 aromatic carbocycles. The van der Waals surface area contributed by atoms with Gasteiger partial charge in [-0.15, -0.1) is 0 Å². The van der Waals surface area contributed by atoms with Gasteiger partial charge in [0.1, 0.15) is 17.4 Å². The second-order valence-electron chi connectivity index (χ2n) is 12.9. The van der Waals surface area contributed by atoms with Crippen LogP contribution in [0.25, 0.3) is 21.6 Å². The summed E-state index contributed by atoms with van der Waals surface area (Å²) in [4.78, 5) is 16.5. The molecular weight excluding hydrogens is 644 g/mol. The van der Waals surface area contributed by atoms with Crippen molar-refractivity contribution in [1.82, 2.24) is 5.32 Å². The van der Waals surface area contributed by atoms with Gasteiger partial charge in [-0.3, -0.25) is 4.79 Å². The first-order valence-electron chi connectivity index (χ1n) is 17.2. The van der Waals surface area contributed by atoms with Crippen molar-refractivity contribution in [3.63, 3.8) is 0 Å². The Labute approximate surface area is 294 Å². The number of carbonyl (C=O) groups excluding carboxylic acids is 1. The highest BCUT2D eigenvalue weighted by atomic mass is 19.1. The Bertz CT molecular complexity index is 1500. The lowest BCUT2D eigenvalue weighted by molar-refractivity contribution is -0.128. The number of ether oxygens (including phenoxy) is 3. The number of carbonyl (C=O) groups is 1. The van der Waals surface area contributed by atoms with Gasteiger partial charge in [-0.2, -0.15) is 0 Å². The van der Waals surface area contributed by atoms with Crippen molar-refractivity contribution in [1.29, 1.82) is 0 Å². The molecular formula is C38H51F2N5O5. The first-order valence-corrected chi connectivity index (χ1v) is 17.2. The zero-order valence-electron chi connectivity index (χ0n) is 29.6. The Balaban J connectivity index is 1.65. The van der Waals surface area contributed by atoms with Gasteiger partial charge in [-0.1, -0.05) is 63.5 Å². The molecule has 0 saturated carbocycles. The molecule has 0 spiro atoms. The van der Waals surface area contributed by atoms with Crippen LogP contribution in [0, 0.1) is 29.4 Å².